The summed E-state index contributed by atoms with van der Waals surface area (Å²) in [6.45, 7) is 4.36. The molecule has 1 fully saturated rings. The molecule has 2 aromatic rings. The van der Waals surface area contributed by atoms with Crippen LogP contribution in [0.3, 0.4) is 0 Å². The fraction of sp³-hybridized carbons (Fsp3) is 0.250. The molecule has 0 unspecified atom stereocenters. The molecule has 0 amide bonds. The van der Waals surface area contributed by atoms with Crippen molar-refractivity contribution < 1.29 is 0 Å². The highest BCUT2D eigenvalue weighted by Crippen LogP contribution is 2.26. The van der Waals surface area contributed by atoms with Gasteiger partial charge in [-0.1, -0.05) is 36.4 Å². The molecule has 1 saturated carbocycles. The molecule has 1 aliphatic carbocycles. The van der Waals surface area contributed by atoms with Gasteiger partial charge in [-0.25, -0.2) is 4.98 Å². The number of anilines is 2. The van der Waals surface area contributed by atoms with E-state index >= 15 is 0 Å². The molecule has 102 valence electrons. The Hall–Kier alpha value is -2.36. The molecule has 4 heteroatoms. The highest BCUT2D eigenvalue weighted by atomic mass is 15.2. The fourth-order valence-corrected chi connectivity index (χ4v) is 1.96. The second-order valence-corrected chi connectivity index (χ2v) is 4.92. The zero-order chi connectivity index (χ0) is 13.8. The van der Waals surface area contributed by atoms with E-state index in [9.17, 15) is 0 Å². The van der Waals surface area contributed by atoms with Crippen LogP contribution in [0.25, 0.3) is 11.3 Å². The lowest BCUT2D eigenvalue weighted by Crippen LogP contribution is -2.08. The lowest BCUT2D eigenvalue weighted by molar-refractivity contribution is 1.07. The van der Waals surface area contributed by atoms with E-state index in [1.54, 1.807) is 6.08 Å². The zero-order valence-electron chi connectivity index (χ0n) is 11.3. The summed E-state index contributed by atoms with van der Waals surface area (Å²) in [7, 11) is 0. The summed E-state index contributed by atoms with van der Waals surface area (Å²) in [5, 5.41) is 6.58. The van der Waals surface area contributed by atoms with Crippen molar-refractivity contribution in [1.29, 1.82) is 0 Å². The minimum Gasteiger partial charge on any atom is -0.367 e. The van der Waals surface area contributed by atoms with E-state index in [1.165, 1.54) is 12.8 Å². The summed E-state index contributed by atoms with van der Waals surface area (Å²) in [4.78, 5) is 9.05. The molecule has 1 aliphatic rings. The van der Waals surface area contributed by atoms with E-state index in [2.05, 4.69) is 39.3 Å². The molecule has 3 rings (SSSR count). The molecule has 1 aromatic carbocycles. The van der Waals surface area contributed by atoms with Crippen LogP contribution in [0.1, 0.15) is 12.8 Å². The average Bonchev–Trinajstić information content (AvgIpc) is 3.30. The van der Waals surface area contributed by atoms with Gasteiger partial charge in [0.2, 0.25) is 5.95 Å². The number of hydrogen-bond acceptors (Lipinski definition) is 4. The van der Waals surface area contributed by atoms with Crippen molar-refractivity contribution in [3.05, 3.63) is 49.1 Å². The number of nitrogens with zero attached hydrogens (tertiary/aromatic N) is 2. The molecule has 1 aromatic heterocycles. The SMILES string of the molecule is C=CCNc1nc(NC2CC2)cc(-c2ccccc2)n1. The Morgan fingerprint density at radius 2 is 2.00 bits per heavy atom. The highest BCUT2D eigenvalue weighted by molar-refractivity contribution is 5.64. The first-order valence-electron chi connectivity index (χ1n) is 6.91. The van der Waals surface area contributed by atoms with Gasteiger partial charge in [0.15, 0.2) is 0 Å². The van der Waals surface area contributed by atoms with Gasteiger partial charge in [-0.05, 0) is 12.8 Å². The standard InChI is InChI=1S/C16H18N4/c1-2-10-17-16-19-14(12-6-4-3-5-7-12)11-15(20-16)18-13-8-9-13/h2-7,11,13H,1,8-10H2,(H2,17,18,19,20). The molecule has 0 aliphatic heterocycles. The third-order valence-corrected chi connectivity index (χ3v) is 3.13. The monoisotopic (exact) mass is 266 g/mol. The fourth-order valence-electron chi connectivity index (χ4n) is 1.96. The number of rotatable bonds is 6. The smallest absolute Gasteiger partial charge is 0.225 e. The number of aromatic nitrogens is 2. The van der Waals surface area contributed by atoms with Crippen molar-refractivity contribution in [2.24, 2.45) is 0 Å². The Morgan fingerprint density at radius 3 is 2.70 bits per heavy atom. The van der Waals surface area contributed by atoms with E-state index in [0.717, 1.165) is 17.1 Å². The molecule has 2 N–H and O–H groups in total. The second-order valence-electron chi connectivity index (χ2n) is 4.92. The maximum Gasteiger partial charge on any atom is 0.225 e. The molecule has 0 radical (unpaired) electrons. The van der Waals surface area contributed by atoms with E-state index in [1.807, 2.05) is 24.3 Å². The molecule has 0 saturated heterocycles. The zero-order valence-corrected chi connectivity index (χ0v) is 11.3. The van der Waals surface area contributed by atoms with Gasteiger partial charge in [-0.3, -0.25) is 0 Å². The molecular formula is C16H18N4. The Balaban J connectivity index is 1.92. The van der Waals surface area contributed by atoms with Gasteiger partial charge in [0.25, 0.3) is 0 Å². The summed E-state index contributed by atoms with van der Waals surface area (Å²) in [5.74, 6) is 1.52. The van der Waals surface area contributed by atoms with Crippen LogP contribution >= 0.6 is 0 Å². The largest absolute Gasteiger partial charge is 0.367 e. The lowest BCUT2D eigenvalue weighted by atomic mass is 10.1. The third-order valence-electron chi connectivity index (χ3n) is 3.13. The van der Waals surface area contributed by atoms with Crippen molar-refractivity contribution in [2.45, 2.75) is 18.9 Å². The minimum absolute atomic E-state index is 0.570. The summed E-state index contributed by atoms with van der Waals surface area (Å²) < 4.78 is 0. The third kappa shape index (κ3) is 3.15. The Bertz CT molecular complexity index is 591. The first-order valence-corrected chi connectivity index (χ1v) is 6.91. The van der Waals surface area contributed by atoms with Crippen molar-refractivity contribution in [3.8, 4) is 11.3 Å². The van der Waals surface area contributed by atoms with Crippen LogP contribution in [0.4, 0.5) is 11.8 Å². The highest BCUT2D eigenvalue weighted by Gasteiger charge is 2.21. The first-order chi connectivity index (χ1) is 9.85. The minimum atomic E-state index is 0.570. The topological polar surface area (TPSA) is 49.8 Å². The second kappa shape index (κ2) is 5.74. The molecule has 1 heterocycles. The Labute approximate surface area is 119 Å². The summed E-state index contributed by atoms with van der Waals surface area (Å²) in [5.41, 5.74) is 2.02. The van der Waals surface area contributed by atoms with Gasteiger partial charge in [-0.2, -0.15) is 4.98 Å². The molecule has 0 spiro atoms. The molecule has 20 heavy (non-hydrogen) atoms. The summed E-state index contributed by atoms with van der Waals surface area (Å²) in [6.07, 6.45) is 4.24. The van der Waals surface area contributed by atoms with Gasteiger partial charge >= 0.3 is 0 Å². The Morgan fingerprint density at radius 1 is 1.20 bits per heavy atom. The van der Waals surface area contributed by atoms with Crippen molar-refractivity contribution in [2.75, 3.05) is 17.2 Å². The molecular weight excluding hydrogens is 248 g/mol. The van der Waals surface area contributed by atoms with Crippen LogP contribution < -0.4 is 10.6 Å². The van der Waals surface area contributed by atoms with E-state index in [4.69, 9.17) is 0 Å². The molecule has 4 nitrogen and oxygen atoms in total. The normalized spacial score (nSPS) is 13.8. The predicted octanol–water partition coefficient (Wildman–Crippen LogP) is 3.32. The number of nitrogens with one attached hydrogen (secondary N) is 2. The van der Waals surface area contributed by atoms with Crippen LogP contribution in [-0.2, 0) is 0 Å². The summed E-state index contributed by atoms with van der Waals surface area (Å²) in [6, 6.07) is 12.7. The van der Waals surface area contributed by atoms with Gasteiger partial charge in [0, 0.05) is 24.2 Å². The Kier molecular flexibility index (Phi) is 3.63. The van der Waals surface area contributed by atoms with E-state index < -0.39 is 0 Å². The van der Waals surface area contributed by atoms with E-state index in [0.29, 0.717) is 18.5 Å². The molecule has 0 atom stereocenters. The van der Waals surface area contributed by atoms with Crippen molar-refractivity contribution >= 4 is 11.8 Å². The lowest BCUT2D eigenvalue weighted by Gasteiger charge is -2.10. The van der Waals surface area contributed by atoms with E-state index in [-0.39, 0.29) is 0 Å². The quantitative estimate of drug-likeness (QED) is 0.787. The van der Waals surface area contributed by atoms with Crippen molar-refractivity contribution in [1.82, 2.24) is 9.97 Å². The first kappa shape index (κ1) is 12.7. The van der Waals surface area contributed by atoms with Gasteiger partial charge in [-0.15, -0.1) is 6.58 Å². The van der Waals surface area contributed by atoms with Crippen molar-refractivity contribution in [3.63, 3.8) is 0 Å². The van der Waals surface area contributed by atoms with Crippen LogP contribution in [0.2, 0.25) is 0 Å². The van der Waals surface area contributed by atoms with Gasteiger partial charge in [0.05, 0.1) is 5.69 Å². The summed E-state index contributed by atoms with van der Waals surface area (Å²) >= 11 is 0. The number of benzene rings is 1. The van der Waals surface area contributed by atoms with Crippen LogP contribution in [-0.4, -0.2) is 22.6 Å². The molecule has 0 bridgehead atoms. The van der Waals surface area contributed by atoms with Crippen LogP contribution in [0.15, 0.2) is 49.1 Å². The number of hydrogen-bond donors (Lipinski definition) is 2. The predicted molar refractivity (Wildman–Crippen MR) is 82.8 cm³/mol. The maximum absolute atomic E-state index is 4.56. The maximum atomic E-state index is 4.56. The van der Waals surface area contributed by atoms with Gasteiger partial charge in [0.1, 0.15) is 5.82 Å². The average molecular weight is 266 g/mol. The van der Waals surface area contributed by atoms with Crippen LogP contribution in [0, 0.1) is 0 Å². The van der Waals surface area contributed by atoms with Crippen LogP contribution in [0.5, 0.6) is 0 Å². The van der Waals surface area contributed by atoms with Gasteiger partial charge < -0.3 is 10.6 Å².